The van der Waals surface area contributed by atoms with E-state index in [1.54, 1.807) is 36.4 Å². The fourth-order valence-electron chi connectivity index (χ4n) is 2.47. The first kappa shape index (κ1) is 19.6. The Labute approximate surface area is 167 Å². The second-order valence-corrected chi connectivity index (χ2v) is 6.06. The molecule has 29 heavy (non-hydrogen) atoms. The van der Waals surface area contributed by atoms with Crippen LogP contribution in [0.2, 0.25) is 0 Å². The van der Waals surface area contributed by atoms with E-state index < -0.39 is 12.1 Å². The third-order valence-corrected chi connectivity index (χ3v) is 3.97. The summed E-state index contributed by atoms with van der Waals surface area (Å²) >= 11 is 0. The number of anilines is 1. The number of hydrogen-bond donors (Lipinski definition) is 3. The minimum Gasteiger partial charge on any atom is -0.444 e. The van der Waals surface area contributed by atoms with Crippen molar-refractivity contribution in [3.8, 4) is 5.75 Å². The lowest BCUT2D eigenvalue weighted by molar-refractivity contribution is 0.0736. The van der Waals surface area contributed by atoms with Gasteiger partial charge in [0.05, 0.1) is 5.56 Å². The highest BCUT2D eigenvalue weighted by Gasteiger charge is 2.13. The smallest absolute Gasteiger partial charge is 0.413 e. The summed E-state index contributed by atoms with van der Waals surface area (Å²) < 4.78 is 10.4. The van der Waals surface area contributed by atoms with Gasteiger partial charge in [-0.25, -0.2) is 9.59 Å². The maximum Gasteiger partial charge on any atom is 0.413 e. The summed E-state index contributed by atoms with van der Waals surface area (Å²) in [6.07, 6.45) is -0.728. The fourth-order valence-corrected chi connectivity index (χ4v) is 2.47. The van der Waals surface area contributed by atoms with Gasteiger partial charge >= 0.3 is 12.1 Å². The summed E-state index contributed by atoms with van der Waals surface area (Å²) in [4.78, 5) is 24.0. The number of rotatable bonds is 5. The molecule has 0 unspecified atom stereocenters. The quantitative estimate of drug-likeness (QED) is 0.202. The molecule has 0 fully saturated rings. The zero-order valence-electron chi connectivity index (χ0n) is 15.4. The molecule has 4 N–H and O–H groups in total. The molecule has 0 aliphatic rings. The lowest BCUT2D eigenvalue weighted by Gasteiger charge is -2.09. The van der Waals surface area contributed by atoms with Crippen LogP contribution in [0.4, 0.5) is 10.5 Å². The summed E-state index contributed by atoms with van der Waals surface area (Å²) in [6, 6.07) is 22.0. The molecule has 7 heteroatoms. The molecule has 0 atom stereocenters. The first-order valence-electron chi connectivity index (χ1n) is 8.76. The van der Waals surface area contributed by atoms with Gasteiger partial charge in [-0.3, -0.25) is 10.7 Å². The maximum atomic E-state index is 12.2. The Kier molecular flexibility index (Phi) is 6.22. The number of amidine groups is 1. The molecule has 0 spiro atoms. The molecule has 0 aliphatic heterocycles. The summed E-state index contributed by atoms with van der Waals surface area (Å²) in [5.41, 5.74) is 7.64. The number of carbonyl (C=O) groups is 2. The minimum atomic E-state index is -0.728. The largest absolute Gasteiger partial charge is 0.444 e. The van der Waals surface area contributed by atoms with Gasteiger partial charge < -0.3 is 15.2 Å². The van der Waals surface area contributed by atoms with Crippen LogP contribution in [0.1, 0.15) is 21.5 Å². The van der Waals surface area contributed by atoms with Crippen LogP contribution in [0.5, 0.6) is 5.75 Å². The van der Waals surface area contributed by atoms with Crippen molar-refractivity contribution in [2.24, 2.45) is 0 Å². The van der Waals surface area contributed by atoms with Crippen LogP contribution in [0.3, 0.4) is 0 Å². The van der Waals surface area contributed by atoms with E-state index in [2.05, 4.69) is 5.32 Å². The molecule has 3 aromatic rings. The number of nitrogens with one attached hydrogen (secondary N) is 2. The van der Waals surface area contributed by atoms with E-state index in [4.69, 9.17) is 20.6 Å². The van der Waals surface area contributed by atoms with E-state index in [0.29, 0.717) is 17.0 Å². The molecule has 0 heterocycles. The second kappa shape index (κ2) is 9.18. The highest BCUT2D eigenvalue weighted by molar-refractivity contribution is 6.04. The molecule has 0 bridgehead atoms. The Hall–Kier alpha value is -4.13. The molecule has 0 aromatic heterocycles. The molecule has 0 saturated heterocycles. The molecule has 1 amide bonds. The Morgan fingerprint density at radius 1 is 0.897 bits per heavy atom. The number of carbonyl (C=O) groups excluding carboxylic acids is 2. The number of ether oxygens (including phenoxy) is 2. The van der Waals surface area contributed by atoms with Gasteiger partial charge in [-0.2, -0.15) is 0 Å². The minimum absolute atomic E-state index is 0.109. The highest BCUT2D eigenvalue weighted by Crippen LogP contribution is 2.17. The summed E-state index contributed by atoms with van der Waals surface area (Å²) in [7, 11) is 0. The van der Waals surface area contributed by atoms with Crippen LogP contribution in [-0.2, 0) is 11.3 Å². The molecule has 0 saturated carbocycles. The van der Waals surface area contributed by atoms with Gasteiger partial charge in [0, 0.05) is 11.3 Å². The zero-order valence-corrected chi connectivity index (χ0v) is 15.4. The average molecular weight is 389 g/mol. The van der Waals surface area contributed by atoms with Crippen LogP contribution in [0, 0.1) is 5.41 Å². The van der Waals surface area contributed by atoms with Gasteiger partial charge in [0.25, 0.3) is 0 Å². The molecular formula is C22H19N3O4. The van der Waals surface area contributed by atoms with E-state index in [9.17, 15) is 9.59 Å². The normalized spacial score (nSPS) is 10.1. The molecule has 146 valence electrons. The van der Waals surface area contributed by atoms with Crippen molar-refractivity contribution in [2.75, 3.05) is 5.73 Å². The van der Waals surface area contributed by atoms with E-state index in [-0.39, 0.29) is 18.0 Å². The number of esters is 1. The molecule has 0 aliphatic carbocycles. The van der Waals surface area contributed by atoms with E-state index in [1.807, 2.05) is 30.3 Å². The third kappa shape index (κ3) is 5.43. The van der Waals surface area contributed by atoms with Crippen LogP contribution >= 0.6 is 0 Å². The lowest BCUT2D eigenvalue weighted by atomic mass is 10.2. The van der Waals surface area contributed by atoms with Gasteiger partial charge in [-0.1, -0.05) is 42.5 Å². The van der Waals surface area contributed by atoms with Crippen LogP contribution in [-0.4, -0.2) is 17.9 Å². The van der Waals surface area contributed by atoms with Gasteiger partial charge in [0.15, 0.2) is 0 Å². The van der Waals surface area contributed by atoms with E-state index >= 15 is 0 Å². The van der Waals surface area contributed by atoms with Crippen molar-refractivity contribution in [3.63, 3.8) is 0 Å². The predicted molar refractivity (Wildman–Crippen MR) is 109 cm³/mol. The van der Waals surface area contributed by atoms with Crippen molar-refractivity contribution >= 4 is 23.6 Å². The summed E-state index contributed by atoms with van der Waals surface area (Å²) in [6.45, 7) is 0.109. The number of alkyl carbamates (subject to hydrolysis) is 1. The van der Waals surface area contributed by atoms with E-state index in [0.717, 1.165) is 5.56 Å². The molecule has 7 nitrogen and oxygen atoms in total. The molecule has 0 radical (unpaired) electrons. The van der Waals surface area contributed by atoms with Crippen molar-refractivity contribution in [3.05, 3.63) is 95.6 Å². The SMILES string of the molecule is N=C(NC(=O)OCc1ccccc1)c1ccc(OC(=O)c2ccccc2N)cc1. The number of nitrogens with two attached hydrogens (primary N) is 1. The Bertz CT molecular complexity index is 1020. The van der Waals surface area contributed by atoms with Crippen molar-refractivity contribution in [1.82, 2.24) is 5.32 Å². The summed E-state index contributed by atoms with van der Waals surface area (Å²) in [5.74, 6) is -0.414. The topological polar surface area (TPSA) is 115 Å². The monoisotopic (exact) mass is 389 g/mol. The Morgan fingerprint density at radius 3 is 2.24 bits per heavy atom. The number of hydrogen-bond acceptors (Lipinski definition) is 6. The number of amides is 1. The molecular weight excluding hydrogens is 370 g/mol. The zero-order chi connectivity index (χ0) is 20.6. The maximum absolute atomic E-state index is 12.2. The van der Waals surface area contributed by atoms with Crippen molar-refractivity contribution < 1.29 is 19.1 Å². The fraction of sp³-hybridized carbons (Fsp3) is 0.0455. The van der Waals surface area contributed by atoms with Gasteiger partial charge in [0.2, 0.25) is 0 Å². The lowest BCUT2D eigenvalue weighted by Crippen LogP contribution is -2.30. The number of benzene rings is 3. The number of nitrogen functional groups attached to an aromatic ring is 1. The predicted octanol–water partition coefficient (Wildman–Crippen LogP) is 3.74. The van der Waals surface area contributed by atoms with Crippen LogP contribution in [0.25, 0.3) is 0 Å². The third-order valence-electron chi connectivity index (χ3n) is 3.97. The first-order chi connectivity index (χ1) is 14.0. The molecule has 3 rings (SSSR count). The molecule has 3 aromatic carbocycles. The Balaban J connectivity index is 1.54. The van der Waals surface area contributed by atoms with Crippen LogP contribution in [0.15, 0.2) is 78.9 Å². The Morgan fingerprint density at radius 2 is 1.55 bits per heavy atom. The standard InChI is InChI=1S/C22H19N3O4/c23-19-9-5-4-8-18(19)21(26)29-17-12-10-16(11-13-17)20(24)25-22(27)28-14-15-6-2-1-3-7-15/h1-13H,14,23H2,(H2,24,25,27). The van der Waals surface area contributed by atoms with Crippen molar-refractivity contribution in [1.29, 1.82) is 5.41 Å². The van der Waals surface area contributed by atoms with Crippen LogP contribution < -0.4 is 15.8 Å². The van der Waals surface area contributed by atoms with Gasteiger partial charge in [-0.15, -0.1) is 0 Å². The first-order valence-corrected chi connectivity index (χ1v) is 8.76. The summed E-state index contributed by atoms with van der Waals surface area (Å²) in [5, 5.41) is 10.3. The van der Waals surface area contributed by atoms with Gasteiger partial charge in [0.1, 0.15) is 18.2 Å². The van der Waals surface area contributed by atoms with Crippen molar-refractivity contribution in [2.45, 2.75) is 6.61 Å². The average Bonchev–Trinajstić information content (AvgIpc) is 2.74. The number of para-hydroxylation sites is 1. The second-order valence-electron chi connectivity index (χ2n) is 6.06. The highest BCUT2D eigenvalue weighted by atomic mass is 16.5. The van der Waals surface area contributed by atoms with E-state index in [1.165, 1.54) is 12.1 Å². The van der Waals surface area contributed by atoms with Gasteiger partial charge in [-0.05, 0) is 42.0 Å².